The number of aromatic nitrogens is 5. The van der Waals surface area contributed by atoms with Crippen molar-refractivity contribution in [2.75, 3.05) is 0 Å². The van der Waals surface area contributed by atoms with Crippen LogP contribution < -0.4 is 0 Å². The Morgan fingerprint density at radius 2 is 0.925 bits per heavy atom. The molecule has 0 radical (unpaired) electrons. The monoisotopic (exact) mass is 855 g/mol. The third kappa shape index (κ3) is 5.80. The molecule has 0 atom stereocenters. The number of furan rings is 1. The van der Waals surface area contributed by atoms with E-state index in [1.165, 1.54) is 5.39 Å². The average Bonchev–Trinajstić information content (AvgIpc) is 4.06. The Balaban J connectivity index is 1.11. The van der Waals surface area contributed by atoms with Gasteiger partial charge in [0.15, 0.2) is 23.1 Å². The van der Waals surface area contributed by atoms with Crippen molar-refractivity contribution < 1.29 is 4.42 Å². The maximum Gasteiger partial charge on any atom is 0.166 e. The van der Waals surface area contributed by atoms with Gasteiger partial charge in [0.05, 0.1) is 22.1 Å². The summed E-state index contributed by atoms with van der Waals surface area (Å²) < 4.78 is 11.7. The van der Waals surface area contributed by atoms with Crippen LogP contribution in [0.1, 0.15) is 0 Å². The van der Waals surface area contributed by atoms with E-state index in [2.05, 4.69) is 215 Å². The van der Waals surface area contributed by atoms with Crippen LogP contribution in [0, 0.1) is 0 Å². The number of nitrogens with zero attached hydrogens (tertiary/aromatic N) is 5. The number of hydrogen-bond acceptors (Lipinski definition) is 4. The van der Waals surface area contributed by atoms with Gasteiger partial charge in [0.1, 0.15) is 11.3 Å². The summed E-state index contributed by atoms with van der Waals surface area (Å²) in [6, 6.07) is 79.0. The molecule has 312 valence electrons. The van der Waals surface area contributed by atoms with Crippen molar-refractivity contribution >= 4 is 76.3 Å². The van der Waals surface area contributed by atoms with E-state index >= 15 is 0 Å². The molecule has 4 aromatic heterocycles. The second-order valence-electron chi connectivity index (χ2n) is 17.1. The first-order valence-electron chi connectivity index (χ1n) is 22.6. The molecule has 10 aromatic carbocycles. The lowest BCUT2D eigenvalue weighted by Crippen LogP contribution is -2.04. The summed E-state index contributed by atoms with van der Waals surface area (Å²) in [4.78, 5) is 16.5. The maximum atomic E-state index is 7.01. The Morgan fingerprint density at radius 3 is 1.75 bits per heavy atom. The van der Waals surface area contributed by atoms with Gasteiger partial charge >= 0.3 is 0 Å². The topological polar surface area (TPSA) is 61.7 Å². The van der Waals surface area contributed by atoms with Crippen LogP contribution in [-0.4, -0.2) is 24.1 Å². The van der Waals surface area contributed by atoms with Crippen LogP contribution in [0.25, 0.3) is 133 Å². The van der Waals surface area contributed by atoms with Crippen molar-refractivity contribution in [3.05, 3.63) is 224 Å². The van der Waals surface area contributed by atoms with Crippen molar-refractivity contribution in [2.24, 2.45) is 0 Å². The Bertz CT molecular complexity index is 4280. The molecule has 0 aliphatic rings. The average molecular weight is 856 g/mol. The van der Waals surface area contributed by atoms with Crippen LogP contribution in [0.4, 0.5) is 0 Å². The third-order valence-corrected chi connectivity index (χ3v) is 13.3. The lowest BCUT2D eigenvalue weighted by Gasteiger charge is -2.16. The van der Waals surface area contributed by atoms with Crippen molar-refractivity contribution in [2.45, 2.75) is 0 Å². The second-order valence-corrected chi connectivity index (χ2v) is 17.1. The predicted octanol–water partition coefficient (Wildman–Crippen LogP) is 15.8. The molecule has 4 heterocycles. The molecular formula is C61H37N5O. The SMILES string of the molecule is c1ccc(-c2cccc(-c3nc(-c4ccc5c(oc6ccccc65)c4-n4c5ccccc5c5cc6ccccc6cc54)nc(-c4cccc5c4c4ccccc4n5-c4ccccc4)n3)c2)cc1. The molecular weight excluding hydrogens is 819 g/mol. The minimum absolute atomic E-state index is 0.540. The van der Waals surface area contributed by atoms with E-state index in [1.807, 2.05) is 18.2 Å². The number of rotatable bonds is 6. The van der Waals surface area contributed by atoms with E-state index in [0.29, 0.717) is 17.5 Å². The minimum Gasteiger partial charge on any atom is -0.454 e. The Hall–Kier alpha value is -9.13. The van der Waals surface area contributed by atoms with Crippen molar-refractivity contribution in [3.63, 3.8) is 0 Å². The van der Waals surface area contributed by atoms with Gasteiger partial charge in [-0.05, 0) is 88.6 Å². The molecule has 0 fully saturated rings. The zero-order valence-corrected chi connectivity index (χ0v) is 36.0. The first-order valence-corrected chi connectivity index (χ1v) is 22.6. The lowest BCUT2D eigenvalue weighted by atomic mass is 10.0. The molecule has 0 spiro atoms. The summed E-state index contributed by atoms with van der Waals surface area (Å²) in [6.45, 7) is 0. The standard InChI is InChI=1S/C61H37N5O/c1-3-17-38(18-4-1)39-21-15-22-42(35-39)59-62-60(48-28-16-31-53-56(48)47-27-10-13-30-52(47)65(53)43-23-5-2-6-24-43)64-61(63-59)49-34-33-46-45-26-11-14-32-55(45)67-58(46)57(49)66-51-29-12-9-25-44(51)50-36-40-19-7-8-20-41(40)37-54(50)66/h1-37H. The summed E-state index contributed by atoms with van der Waals surface area (Å²) in [5, 5.41) is 8.91. The van der Waals surface area contributed by atoms with Gasteiger partial charge < -0.3 is 13.6 Å². The molecule has 0 aliphatic carbocycles. The maximum absolute atomic E-state index is 7.01. The number of para-hydroxylation sites is 4. The lowest BCUT2D eigenvalue weighted by molar-refractivity contribution is 0.666. The molecule has 0 amide bonds. The fraction of sp³-hybridized carbons (Fsp3) is 0. The van der Waals surface area contributed by atoms with E-state index in [4.69, 9.17) is 19.4 Å². The van der Waals surface area contributed by atoms with Crippen LogP contribution in [0.2, 0.25) is 0 Å². The first-order chi connectivity index (χ1) is 33.2. The van der Waals surface area contributed by atoms with E-state index < -0.39 is 0 Å². The molecule has 67 heavy (non-hydrogen) atoms. The second kappa shape index (κ2) is 14.7. The highest BCUT2D eigenvalue weighted by Crippen LogP contribution is 2.44. The third-order valence-electron chi connectivity index (χ3n) is 13.3. The highest BCUT2D eigenvalue weighted by atomic mass is 16.3. The summed E-state index contributed by atoms with van der Waals surface area (Å²) in [7, 11) is 0. The molecule has 14 rings (SSSR count). The van der Waals surface area contributed by atoms with Gasteiger partial charge in [0, 0.05) is 54.7 Å². The van der Waals surface area contributed by atoms with Crippen LogP contribution in [0.3, 0.4) is 0 Å². The van der Waals surface area contributed by atoms with Gasteiger partial charge in [0.25, 0.3) is 0 Å². The van der Waals surface area contributed by atoms with Crippen LogP contribution >= 0.6 is 0 Å². The van der Waals surface area contributed by atoms with Crippen molar-refractivity contribution in [3.8, 4) is 56.7 Å². The zero-order valence-electron chi connectivity index (χ0n) is 36.0. The summed E-state index contributed by atoms with van der Waals surface area (Å²) in [5.41, 5.74) is 12.7. The molecule has 14 aromatic rings. The van der Waals surface area contributed by atoms with Gasteiger partial charge in [-0.1, -0.05) is 158 Å². The molecule has 0 unspecified atom stereocenters. The smallest absolute Gasteiger partial charge is 0.166 e. The Morgan fingerprint density at radius 1 is 0.328 bits per heavy atom. The minimum atomic E-state index is 0.540. The van der Waals surface area contributed by atoms with E-state index in [1.54, 1.807) is 0 Å². The van der Waals surface area contributed by atoms with Gasteiger partial charge in [-0.15, -0.1) is 0 Å². The Labute approximate surface area is 384 Å². The first kappa shape index (κ1) is 37.3. The largest absolute Gasteiger partial charge is 0.454 e. The van der Waals surface area contributed by atoms with Crippen LogP contribution in [-0.2, 0) is 0 Å². The van der Waals surface area contributed by atoms with Crippen molar-refractivity contribution in [1.82, 2.24) is 24.1 Å². The quantitative estimate of drug-likeness (QED) is 0.167. The van der Waals surface area contributed by atoms with Gasteiger partial charge in [-0.25, -0.2) is 15.0 Å². The molecule has 0 bridgehead atoms. The van der Waals surface area contributed by atoms with Crippen LogP contribution in [0.15, 0.2) is 229 Å². The normalized spacial score (nSPS) is 11.9. The fourth-order valence-corrected chi connectivity index (χ4v) is 10.3. The highest BCUT2D eigenvalue weighted by molar-refractivity contribution is 6.18. The van der Waals surface area contributed by atoms with Crippen molar-refractivity contribution in [1.29, 1.82) is 0 Å². The highest BCUT2D eigenvalue weighted by Gasteiger charge is 2.26. The van der Waals surface area contributed by atoms with Gasteiger partial charge in [0.2, 0.25) is 0 Å². The van der Waals surface area contributed by atoms with E-state index in [9.17, 15) is 0 Å². The fourth-order valence-electron chi connectivity index (χ4n) is 10.3. The van der Waals surface area contributed by atoms with E-state index in [-0.39, 0.29) is 0 Å². The Kier molecular flexibility index (Phi) is 8.18. The van der Waals surface area contributed by atoms with Gasteiger partial charge in [-0.2, -0.15) is 0 Å². The summed E-state index contributed by atoms with van der Waals surface area (Å²) >= 11 is 0. The predicted molar refractivity (Wildman–Crippen MR) is 275 cm³/mol. The summed E-state index contributed by atoms with van der Waals surface area (Å²) in [5.74, 6) is 1.69. The van der Waals surface area contributed by atoms with Gasteiger partial charge in [-0.3, -0.25) is 0 Å². The molecule has 0 N–H and O–H groups in total. The molecule has 0 saturated heterocycles. The molecule has 0 saturated carbocycles. The number of hydrogen-bond donors (Lipinski definition) is 0. The zero-order chi connectivity index (χ0) is 44.0. The molecule has 6 heteroatoms. The molecule has 6 nitrogen and oxygen atoms in total. The van der Waals surface area contributed by atoms with E-state index in [0.717, 1.165) is 110 Å². The van der Waals surface area contributed by atoms with Crippen LogP contribution in [0.5, 0.6) is 0 Å². The number of fused-ring (bicyclic) bond motifs is 10. The molecule has 0 aliphatic heterocycles. The summed E-state index contributed by atoms with van der Waals surface area (Å²) in [6.07, 6.45) is 0. The number of benzene rings is 10.